The second-order valence-electron chi connectivity index (χ2n) is 10.1. The van der Waals surface area contributed by atoms with Gasteiger partial charge in [-0.3, -0.25) is 29.8 Å². The van der Waals surface area contributed by atoms with E-state index in [1.54, 1.807) is 31.0 Å². The van der Waals surface area contributed by atoms with Gasteiger partial charge in [0, 0.05) is 46.9 Å². The topological polar surface area (TPSA) is 137 Å². The lowest BCUT2D eigenvalue weighted by atomic mass is 9.94. The standard InChI is InChI=1S/C30H27N9O/c40-28(11-18-4-8-31-9-5-18)36-20-12-19(15-32-16-20)25-13-22-27(17-35-25)38-39-30(22)26-14-21-23(37-26)6-10-34-29(21)24-3-1-2-7-33-24/h1-3,6-7,10,12-18,31,37H,4-5,8-9,11H2,(H,36,40)(H,38,39). The molecule has 1 aliphatic heterocycles. The highest BCUT2D eigenvalue weighted by molar-refractivity contribution is 6.00. The average Bonchev–Trinajstić information content (AvgIpc) is 3.62. The summed E-state index contributed by atoms with van der Waals surface area (Å²) in [5, 5.41) is 15.9. The van der Waals surface area contributed by atoms with Crippen LogP contribution < -0.4 is 10.6 Å². The number of H-pyrrole nitrogens is 2. The lowest BCUT2D eigenvalue weighted by Gasteiger charge is -2.21. The number of carbonyl (C=O) groups excluding carboxylic acids is 1. The highest BCUT2D eigenvalue weighted by atomic mass is 16.1. The Morgan fingerprint density at radius 3 is 2.65 bits per heavy atom. The molecule has 6 aromatic rings. The van der Waals surface area contributed by atoms with Crippen molar-refractivity contribution in [2.75, 3.05) is 18.4 Å². The number of piperidine rings is 1. The van der Waals surface area contributed by atoms with Crippen LogP contribution in [0.15, 0.2) is 73.4 Å². The van der Waals surface area contributed by atoms with E-state index in [4.69, 9.17) is 0 Å². The molecule has 0 radical (unpaired) electrons. The number of fused-ring (bicyclic) bond motifs is 2. The molecule has 0 aromatic carbocycles. The van der Waals surface area contributed by atoms with Crippen molar-refractivity contribution in [1.29, 1.82) is 0 Å². The highest BCUT2D eigenvalue weighted by Gasteiger charge is 2.18. The SMILES string of the molecule is O=C(CC1CCNCC1)Nc1cncc(-c2cc3c(-c4cc5c(-c6ccccn6)nccc5[nH]4)n[nH]c3cn2)c1. The highest BCUT2D eigenvalue weighted by Crippen LogP contribution is 2.33. The number of nitrogens with one attached hydrogen (secondary N) is 4. The number of rotatable bonds is 6. The van der Waals surface area contributed by atoms with Gasteiger partial charge in [0.1, 0.15) is 5.69 Å². The van der Waals surface area contributed by atoms with E-state index in [2.05, 4.69) is 51.8 Å². The van der Waals surface area contributed by atoms with Crippen molar-refractivity contribution in [1.82, 2.24) is 40.4 Å². The van der Waals surface area contributed by atoms with Crippen molar-refractivity contribution in [3.63, 3.8) is 0 Å². The van der Waals surface area contributed by atoms with Crippen molar-refractivity contribution >= 4 is 33.4 Å². The van der Waals surface area contributed by atoms with E-state index in [9.17, 15) is 4.79 Å². The molecule has 0 bridgehead atoms. The largest absolute Gasteiger partial charge is 0.353 e. The third-order valence-electron chi connectivity index (χ3n) is 7.41. The Bertz CT molecular complexity index is 1820. The van der Waals surface area contributed by atoms with E-state index in [0.717, 1.165) is 81.8 Å². The van der Waals surface area contributed by atoms with Crippen LogP contribution in [0.3, 0.4) is 0 Å². The fourth-order valence-corrected chi connectivity index (χ4v) is 5.38. The van der Waals surface area contributed by atoms with Crippen molar-refractivity contribution < 1.29 is 4.79 Å². The van der Waals surface area contributed by atoms with Crippen LogP contribution in [-0.4, -0.2) is 54.1 Å². The molecule has 7 rings (SSSR count). The van der Waals surface area contributed by atoms with Gasteiger partial charge in [0.25, 0.3) is 0 Å². The van der Waals surface area contributed by atoms with Crippen molar-refractivity contribution in [3.05, 3.63) is 73.4 Å². The molecule has 4 N–H and O–H groups in total. The quantitative estimate of drug-likeness (QED) is 0.239. The van der Waals surface area contributed by atoms with Crippen molar-refractivity contribution in [2.45, 2.75) is 19.3 Å². The number of nitrogens with zero attached hydrogens (tertiary/aromatic N) is 5. The van der Waals surface area contributed by atoms with Gasteiger partial charge in [-0.25, -0.2) is 0 Å². The van der Waals surface area contributed by atoms with Crippen LogP contribution in [0.5, 0.6) is 0 Å². The van der Waals surface area contributed by atoms with Crippen LogP contribution in [-0.2, 0) is 4.79 Å². The number of hydrogen-bond donors (Lipinski definition) is 4. The number of anilines is 1. The molecule has 1 amide bonds. The van der Waals surface area contributed by atoms with Gasteiger partial charge in [-0.05, 0) is 68.2 Å². The minimum absolute atomic E-state index is 0.0183. The first-order valence-electron chi connectivity index (χ1n) is 13.4. The summed E-state index contributed by atoms with van der Waals surface area (Å²) in [6, 6.07) is 13.7. The van der Waals surface area contributed by atoms with Crippen LogP contribution in [0.2, 0.25) is 0 Å². The normalized spacial score (nSPS) is 14.1. The number of aromatic amines is 2. The smallest absolute Gasteiger partial charge is 0.224 e. The molecule has 7 heterocycles. The Kier molecular flexibility index (Phi) is 6.21. The minimum Gasteiger partial charge on any atom is -0.353 e. The second kappa shape index (κ2) is 10.3. The maximum Gasteiger partial charge on any atom is 0.224 e. The lowest BCUT2D eigenvalue weighted by molar-refractivity contribution is -0.117. The summed E-state index contributed by atoms with van der Waals surface area (Å²) < 4.78 is 0. The molecule has 0 unspecified atom stereocenters. The molecule has 0 aliphatic carbocycles. The molecule has 6 aromatic heterocycles. The predicted octanol–water partition coefficient (Wildman–Crippen LogP) is 4.95. The van der Waals surface area contributed by atoms with Gasteiger partial charge in [0.2, 0.25) is 5.91 Å². The third-order valence-corrected chi connectivity index (χ3v) is 7.41. The first-order chi connectivity index (χ1) is 19.7. The Morgan fingerprint density at radius 2 is 1.77 bits per heavy atom. The molecule has 0 saturated carbocycles. The predicted molar refractivity (Wildman–Crippen MR) is 154 cm³/mol. The molecule has 1 saturated heterocycles. The molecule has 0 atom stereocenters. The minimum atomic E-state index is 0.0183. The molecule has 1 fully saturated rings. The third kappa shape index (κ3) is 4.69. The molecule has 40 heavy (non-hydrogen) atoms. The van der Waals surface area contributed by atoms with Crippen LogP contribution >= 0.6 is 0 Å². The summed E-state index contributed by atoms with van der Waals surface area (Å²) in [7, 11) is 0. The number of pyridine rings is 4. The van der Waals surface area contributed by atoms with Crippen LogP contribution in [0.1, 0.15) is 19.3 Å². The number of carbonyl (C=O) groups is 1. The zero-order chi connectivity index (χ0) is 26.9. The van der Waals surface area contributed by atoms with Gasteiger partial charge in [-0.15, -0.1) is 0 Å². The molecule has 10 heteroatoms. The Morgan fingerprint density at radius 1 is 0.875 bits per heavy atom. The molecular weight excluding hydrogens is 502 g/mol. The van der Waals surface area contributed by atoms with Crippen molar-refractivity contribution in [2.24, 2.45) is 5.92 Å². The van der Waals surface area contributed by atoms with E-state index in [-0.39, 0.29) is 5.91 Å². The first-order valence-corrected chi connectivity index (χ1v) is 13.4. The number of hydrogen-bond acceptors (Lipinski definition) is 7. The number of amides is 1. The Balaban J connectivity index is 1.19. The van der Waals surface area contributed by atoms with Gasteiger partial charge >= 0.3 is 0 Å². The van der Waals surface area contributed by atoms with Gasteiger partial charge in [-0.2, -0.15) is 5.10 Å². The van der Waals surface area contributed by atoms with Gasteiger partial charge in [0.05, 0.1) is 46.4 Å². The average molecular weight is 530 g/mol. The van der Waals surface area contributed by atoms with Gasteiger partial charge < -0.3 is 15.6 Å². The van der Waals surface area contributed by atoms with Crippen LogP contribution in [0.4, 0.5) is 5.69 Å². The maximum absolute atomic E-state index is 12.7. The second-order valence-corrected chi connectivity index (χ2v) is 10.1. The molecule has 0 spiro atoms. The fraction of sp³-hybridized carbons (Fsp3) is 0.200. The van der Waals surface area contributed by atoms with E-state index in [1.165, 1.54) is 0 Å². The van der Waals surface area contributed by atoms with E-state index in [0.29, 0.717) is 18.0 Å². The Hall–Kier alpha value is -4.96. The first kappa shape index (κ1) is 24.1. The summed E-state index contributed by atoms with van der Waals surface area (Å²) >= 11 is 0. The zero-order valence-corrected chi connectivity index (χ0v) is 21.7. The molecule has 10 nitrogen and oxygen atoms in total. The van der Waals surface area contributed by atoms with Crippen molar-refractivity contribution in [3.8, 4) is 34.0 Å². The van der Waals surface area contributed by atoms with Gasteiger partial charge in [-0.1, -0.05) is 6.07 Å². The monoisotopic (exact) mass is 529 g/mol. The maximum atomic E-state index is 12.7. The fourth-order valence-electron chi connectivity index (χ4n) is 5.38. The summed E-state index contributed by atoms with van der Waals surface area (Å²) in [4.78, 5) is 34.2. The zero-order valence-electron chi connectivity index (χ0n) is 21.7. The summed E-state index contributed by atoms with van der Waals surface area (Å²) in [5.74, 6) is 0.436. The van der Waals surface area contributed by atoms with Crippen LogP contribution in [0.25, 0.3) is 55.8 Å². The molecular formula is C30H27N9O. The van der Waals surface area contributed by atoms with E-state index < -0.39 is 0 Å². The molecule has 1 aliphatic rings. The Labute approximate surface area is 229 Å². The number of aromatic nitrogens is 7. The lowest BCUT2D eigenvalue weighted by Crippen LogP contribution is -2.30. The van der Waals surface area contributed by atoms with E-state index >= 15 is 0 Å². The summed E-state index contributed by atoms with van der Waals surface area (Å²) in [5.41, 5.74) is 7.25. The van der Waals surface area contributed by atoms with E-state index in [1.807, 2.05) is 36.4 Å². The molecule has 198 valence electrons. The summed E-state index contributed by atoms with van der Waals surface area (Å²) in [6.07, 6.45) is 11.3. The summed E-state index contributed by atoms with van der Waals surface area (Å²) in [6.45, 7) is 1.94. The van der Waals surface area contributed by atoms with Gasteiger partial charge in [0.15, 0.2) is 0 Å². The van der Waals surface area contributed by atoms with Crippen LogP contribution in [0, 0.1) is 5.92 Å².